The summed E-state index contributed by atoms with van der Waals surface area (Å²) in [6.07, 6.45) is 7.51. The second-order valence-electron chi connectivity index (χ2n) is 6.17. The topological polar surface area (TPSA) is 63.3 Å². The summed E-state index contributed by atoms with van der Waals surface area (Å²) in [5, 5.41) is 4.03. The number of carbonyl (C=O) groups is 1. The summed E-state index contributed by atoms with van der Waals surface area (Å²) in [5.41, 5.74) is 1.02. The van der Waals surface area contributed by atoms with Crippen LogP contribution in [0.3, 0.4) is 0 Å². The minimum atomic E-state index is 0.0435. The summed E-state index contributed by atoms with van der Waals surface area (Å²) < 4.78 is 7.43. The van der Waals surface area contributed by atoms with Crippen LogP contribution in [-0.4, -0.2) is 39.7 Å². The molecule has 1 N–H and O–H groups in total. The van der Waals surface area contributed by atoms with E-state index < -0.39 is 0 Å². The zero-order valence-corrected chi connectivity index (χ0v) is 15.0. The second kappa shape index (κ2) is 7.90. The summed E-state index contributed by atoms with van der Waals surface area (Å²) >= 11 is 1.60. The zero-order chi connectivity index (χ0) is 16.9. The molecule has 0 spiro atoms. The highest BCUT2D eigenvalue weighted by Gasteiger charge is 2.26. The van der Waals surface area contributed by atoms with Crippen LogP contribution in [-0.2, 0) is 24.9 Å². The fraction of sp³-hybridized carbons (Fsp3) is 0.529. The Labute approximate surface area is 146 Å². The number of amides is 1. The number of nitrogens with zero attached hydrogens (tertiary/aromatic N) is 3. The lowest BCUT2D eigenvalue weighted by atomic mass is 9.97. The minimum Gasteiger partial charge on any atom is -0.468 e. The molecule has 1 aliphatic rings. The Morgan fingerprint density at radius 2 is 2.42 bits per heavy atom. The zero-order valence-electron chi connectivity index (χ0n) is 14.2. The van der Waals surface area contributed by atoms with Gasteiger partial charge in [0.05, 0.1) is 37.2 Å². The summed E-state index contributed by atoms with van der Waals surface area (Å²) in [5.74, 6) is 1.13. The van der Waals surface area contributed by atoms with Crippen LogP contribution in [0, 0.1) is 5.92 Å². The predicted molar refractivity (Wildman–Crippen MR) is 93.5 cm³/mol. The van der Waals surface area contributed by atoms with Crippen molar-refractivity contribution in [2.24, 2.45) is 13.0 Å². The van der Waals surface area contributed by atoms with Crippen LogP contribution >= 0.6 is 11.8 Å². The molecule has 0 radical (unpaired) electrons. The molecule has 24 heavy (non-hydrogen) atoms. The number of nitrogens with one attached hydrogen (secondary N) is 1. The van der Waals surface area contributed by atoms with Gasteiger partial charge in [-0.15, -0.1) is 0 Å². The third-order valence-corrected chi connectivity index (χ3v) is 5.25. The number of rotatable bonds is 6. The third-order valence-electron chi connectivity index (χ3n) is 4.50. The van der Waals surface area contributed by atoms with Crippen molar-refractivity contribution in [2.45, 2.75) is 31.1 Å². The molecule has 1 saturated heterocycles. The highest BCUT2D eigenvalue weighted by atomic mass is 32.2. The van der Waals surface area contributed by atoms with Crippen molar-refractivity contribution in [2.75, 3.05) is 19.3 Å². The standard InChI is InChI=1S/C17H24N4O2S/c1-20-14(10-19-17(20)24-2)9-18-16(22)13-5-3-7-21(11-13)12-15-6-4-8-23-15/h4,6,8,10,13H,3,5,7,9,11-12H2,1-2H3,(H,18,22)/t13-/m0/s1. The van der Waals surface area contributed by atoms with E-state index in [1.54, 1.807) is 18.0 Å². The maximum Gasteiger partial charge on any atom is 0.224 e. The number of aromatic nitrogens is 2. The summed E-state index contributed by atoms with van der Waals surface area (Å²) in [4.78, 5) is 19.1. The van der Waals surface area contributed by atoms with E-state index in [0.717, 1.165) is 49.1 Å². The number of imidazole rings is 1. The molecule has 1 aliphatic heterocycles. The molecule has 0 bridgehead atoms. The van der Waals surface area contributed by atoms with Gasteiger partial charge in [0.25, 0.3) is 0 Å². The van der Waals surface area contributed by atoms with Gasteiger partial charge >= 0.3 is 0 Å². The molecule has 7 heteroatoms. The first-order valence-electron chi connectivity index (χ1n) is 8.24. The third kappa shape index (κ3) is 4.02. The lowest BCUT2D eigenvalue weighted by Gasteiger charge is -2.31. The van der Waals surface area contributed by atoms with Crippen LogP contribution in [0.4, 0.5) is 0 Å². The predicted octanol–water partition coefficient (Wildman–Crippen LogP) is 2.26. The molecule has 3 heterocycles. The van der Waals surface area contributed by atoms with E-state index in [2.05, 4.69) is 15.2 Å². The summed E-state index contributed by atoms with van der Waals surface area (Å²) in [6.45, 7) is 3.10. The van der Waals surface area contributed by atoms with Gasteiger partial charge in [-0.3, -0.25) is 9.69 Å². The maximum atomic E-state index is 12.5. The first kappa shape index (κ1) is 17.1. The van der Waals surface area contributed by atoms with Crippen molar-refractivity contribution in [1.82, 2.24) is 19.8 Å². The van der Waals surface area contributed by atoms with Crippen molar-refractivity contribution >= 4 is 17.7 Å². The lowest BCUT2D eigenvalue weighted by Crippen LogP contribution is -2.42. The normalized spacial score (nSPS) is 18.7. The van der Waals surface area contributed by atoms with Gasteiger partial charge in [0.2, 0.25) is 5.91 Å². The molecule has 1 atom stereocenters. The van der Waals surface area contributed by atoms with Crippen molar-refractivity contribution in [3.63, 3.8) is 0 Å². The molecule has 3 rings (SSSR count). The van der Waals surface area contributed by atoms with Gasteiger partial charge in [-0.2, -0.15) is 0 Å². The number of carbonyl (C=O) groups excluding carboxylic acids is 1. The Balaban J connectivity index is 1.51. The molecule has 6 nitrogen and oxygen atoms in total. The number of thioether (sulfide) groups is 1. The fourth-order valence-electron chi connectivity index (χ4n) is 3.14. The smallest absolute Gasteiger partial charge is 0.224 e. The maximum absolute atomic E-state index is 12.5. The van der Waals surface area contributed by atoms with Gasteiger partial charge in [0, 0.05) is 13.6 Å². The number of furan rings is 1. The van der Waals surface area contributed by atoms with Crippen LogP contribution in [0.25, 0.3) is 0 Å². The largest absolute Gasteiger partial charge is 0.468 e. The number of piperidine rings is 1. The highest BCUT2D eigenvalue weighted by molar-refractivity contribution is 7.98. The molecule has 130 valence electrons. The fourth-order valence-corrected chi connectivity index (χ4v) is 3.69. The molecule has 0 aromatic carbocycles. The molecule has 0 saturated carbocycles. The first-order chi connectivity index (χ1) is 11.7. The molecule has 1 fully saturated rings. The van der Waals surface area contributed by atoms with Crippen LogP contribution < -0.4 is 5.32 Å². The Bertz CT molecular complexity index is 668. The average Bonchev–Trinajstić information content (AvgIpc) is 3.22. The minimum absolute atomic E-state index is 0.0435. The van der Waals surface area contributed by atoms with Crippen LogP contribution in [0.15, 0.2) is 34.2 Å². The van der Waals surface area contributed by atoms with E-state index in [1.165, 1.54) is 0 Å². The van der Waals surface area contributed by atoms with E-state index >= 15 is 0 Å². The van der Waals surface area contributed by atoms with Crippen molar-refractivity contribution < 1.29 is 9.21 Å². The molecule has 2 aromatic rings. The first-order valence-corrected chi connectivity index (χ1v) is 9.47. The van der Waals surface area contributed by atoms with Gasteiger partial charge in [0.15, 0.2) is 5.16 Å². The van der Waals surface area contributed by atoms with E-state index in [-0.39, 0.29) is 11.8 Å². The lowest BCUT2D eigenvalue weighted by molar-refractivity contribution is -0.127. The van der Waals surface area contributed by atoms with Crippen LogP contribution in [0.5, 0.6) is 0 Å². The highest BCUT2D eigenvalue weighted by Crippen LogP contribution is 2.19. The SMILES string of the molecule is CSc1ncc(CNC(=O)[C@H]2CCCN(Cc3ccco3)C2)n1C. The van der Waals surface area contributed by atoms with Gasteiger partial charge < -0.3 is 14.3 Å². The monoisotopic (exact) mass is 348 g/mol. The van der Waals surface area contributed by atoms with Crippen molar-refractivity contribution in [3.05, 3.63) is 36.0 Å². The summed E-state index contributed by atoms with van der Waals surface area (Å²) in [6, 6.07) is 3.88. The Kier molecular flexibility index (Phi) is 5.63. The molecule has 0 unspecified atom stereocenters. The van der Waals surface area contributed by atoms with Gasteiger partial charge in [-0.1, -0.05) is 11.8 Å². The van der Waals surface area contributed by atoms with Crippen LogP contribution in [0.2, 0.25) is 0 Å². The number of hydrogen-bond acceptors (Lipinski definition) is 5. The molecule has 0 aliphatic carbocycles. The second-order valence-corrected chi connectivity index (χ2v) is 6.94. The Morgan fingerprint density at radius 3 is 3.12 bits per heavy atom. The average molecular weight is 348 g/mol. The van der Waals surface area contributed by atoms with E-state index in [0.29, 0.717) is 6.54 Å². The van der Waals surface area contributed by atoms with Gasteiger partial charge in [-0.25, -0.2) is 4.98 Å². The van der Waals surface area contributed by atoms with Crippen LogP contribution in [0.1, 0.15) is 24.3 Å². The van der Waals surface area contributed by atoms with Gasteiger partial charge in [-0.05, 0) is 37.8 Å². The van der Waals surface area contributed by atoms with E-state index in [1.807, 2.05) is 36.2 Å². The molecule has 1 amide bonds. The van der Waals surface area contributed by atoms with Crippen molar-refractivity contribution in [1.29, 1.82) is 0 Å². The molecular formula is C17H24N4O2S. The Morgan fingerprint density at radius 1 is 1.54 bits per heavy atom. The van der Waals surface area contributed by atoms with E-state index in [9.17, 15) is 4.79 Å². The Hall–Kier alpha value is -1.73. The number of likely N-dealkylation sites (tertiary alicyclic amines) is 1. The number of hydrogen-bond donors (Lipinski definition) is 1. The summed E-state index contributed by atoms with van der Waals surface area (Å²) in [7, 11) is 1.98. The van der Waals surface area contributed by atoms with Crippen molar-refractivity contribution in [3.8, 4) is 0 Å². The molecule has 2 aromatic heterocycles. The molecular weight excluding hydrogens is 324 g/mol. The quantitative estimate of drug-likeness (QED) is 0.812. The van der Waals surface area contributed by atoms with Gasteiger partial charge in [0.1, 0.15) is 5.76 Å². The van der Waals surface area contributed by atoms with E-state index in [4.69, 9.17) is 4.42 Å².